The molecule has 0 heterocycles. The average Bonchev–Trinajstić information content (AvgIpc) is 2.25. The van der Waals surface area contributed by atoms with Crippen LogP contribution in [0, 0.1) is 0 Å². The van der Waals surface area contributed by atoms with Gasteiger partial charge in [-0.2, -0.15) is 0 Å². The highest BCUT2D eigenvalue weighted by Gasteiger charge is 2.07. The number of carboxylic acid groups (broad SMARTS) is 2. The highest BCUT2D eigenvalue weighted by atomic mass is 16.4. The van der Waals surface area contributed by atoms with E-state index < -0.39 is 18.0 Å². The van der Waals surface area contributed by atoms with Crippen LogP contribution in [-0.2, 0) is 14.4 Å². The molecule has 0 saturated heterocycles. The summed E-state index contributed by atoms with van der Waals surface area (Å²) in [6.07, 6.45) is 1.12. The van der Waals surface area contributed by atoms with Crippen LogP contribution in [0.25, 0.3) is 0 Å². The van der Waals surface area contributed by atoms with Gasteiger partial charge in [0.1, 0.15) is 6.04 Å². The Hall–Kier alpha value is -1.93. The number of rotatable bonds is 4. The molecule has 0 rings (SSSR count). The van der Waals surface area contributed by atoms with E-state index in [4.69, 9.17) is 21.1 Å². The van der Waals surface area contributed by atoms with E-state index in [1.807, 2.05) is 0 Å². The number of nitrogens with one attached hydrogen (secondary N) is 1. The van der Waals surface area contributed by atoms with E-state index in [0.29, 0.717) is 12.2 Å². The van der Waals surface area contributed by atoms with Crippen molar-refractivity contribution in [2.75, 3.05) is 13.7 Å². The number of aliphatic carboxylic acids is 2. The molecule has 92 valence electrons. The zero-order valence-corrected chi connectivity index (χ0v) is 8.58. The van der Waals surface area contributed by atoms with Gasteiger partial charge in [0.25, 0.3) is 0 Å². The van der Waals surface area contributed by atoms with Gasteiger partial charge in [0, 0.05) is 19.2 Å². The van der Waals surface area contributed by atoms with Crippen LogP contribution >= 0.6 is 0 Å². The number of aliphatic hydroxyl groups excluding tert-OH is 1. The van der Waals surface area contributed by atoms with Crippen molar-refractivity contribution < 1.29 is 29.7 Å². The number of hydrogen-bond donors (Lipinski definition) is 5. The van der Waals surface area contributed by atoms with Crippen LogP contribution in [0.2, 0.25) is 0 Å². The van der Waals surface area contributed by atoms with Crippen molar-refractivity contribution in [3.8, 4) is 0 Å². The summed E-state index contributed by atoms with van der Waals surface area (Å²) in [7, 11) is 1.47. The van der Waals surface area contributed by atoms with Crippen molar-refractivity contribution in [3.05, 3.63) is 12.2 Å². The van der Waals surface area contributed by atoms with E-state index in [1.54, 1.807) is 0 Å². The zero-order valence-electron chi connectivity index (χ0n) is 8.58. The molecule has 0 saturated carbocycles. The summed E-state index contributed by atoms with van der Waals surface area (Å²) in [5.41, 5.74) is 5.06. The van der Waals surface area contributed by atoms with Gasteiger partial charge < -0.3 is 26.4 Å². The second-order valence-electron chi connectivity index (χ2n) is 2.41. The average molecular weight is 234 g/mol. The van der Waals surface area contributed by atoms with E-state index >= 15 is 0 Å². The summed E-state index contributed by atoms with van der Waals surface area (Å²) < 4.78 is 0. The molecule has 0 aliphatic carbocycles. The Labute approximate surface area is 91.4 Å². The molecule has 8 heteroatoms. The van der Waals surface area contributed by atoms with Crippen molar-refractivity contribution >= 4 is 17.8 Å². The Morgan fingerprint density at radius 1 is 1.25 bits per heavy atom. The van der Waals surface area contributed by atoms with Crippen molar-refractivity contribution in [3.63, 3.8) is 0 Å². The molecule has 0 aliphatic heterocycles. The molecule has 0 aliphatic rings. The summed E-state index contributed by atoms with van der Waals surface area (Å²) in [5.74, 6) is -2.85. The van der Waals surface area contributed by atoms with Crippen molar-refractivity contribution in [2.24, 2.45) is 5.73 Å². The van der Waals surface area contributed by atoms with Crippen molar-refractivity contribution in [1.29, 1.82) is 0 Å². The third-order valence-corrected chi connectivity index (χ3v) is 1.15. The van der Waals surface area contributed by atoms with Crippen molar-refractivity contribution in [1.82, 2.24) is 5.32 Å². The van der Waals surface area contributed by atoms with Gasteiger partial charge in [-0.3, -0.25) is 4.79 Å². The first kappa shape index (κ1) is 16.5. The normalized spacial score (nSPS) is 11.2. The van der Waals surface area contributed by atoms with Crippen LogP contribution in [0.4, 0.5) is 0 Å². The van der Waals surface area contributed by atoms with E-state index in [1.165, 1.54) is 7.05 Å². The summed E-state index contributed by atoms with van der Waals surface area (Å²) in [5, 5.41) is 26.2. The largest absolute Gasteiger partial charge is 0.478 e. The molecular weight excluding hydrogens is 220 g/mol. The molecule has 1 amide bonds. The van der Waals surface area contributed by atoms with E-state index in [-0.39, 0.29) is 12.5 Å². The lowest BCUT2D eigenvalue weighted by atomic mass is 10.3. The lowest BCUT2D eigenvalue weighted by Gasteiger charge is -2.03. The summed E-state index contributed by atoms with van der Waals surface area (Å²) >= 11 is 0. The van der Waals surface area contributed by atoms with Gasteiger partial charge >= 0.3 is 11.9 Å². The zero-order chi connectivity index (χ0) is 13.1. The number of nitrogens with two attached hydrogens (primary N) is 1. The number of amides is 1. The quantitative estimate of drug-likeness (QED) is 0.345. The second-order valence-corrected chi connectivity index (χ2v) is 2.41. The number of carbonyl (C=O) groups excluding carboxylic acids is 1. The Morgan fingerprint density at radius 2 is 1.62 bits per heavy atom. The smallest absolute Gasteiger partial charge is 0.328 e. The topological polar surface area (TPSA) is 150 Å². The van der Waals surface area contributed by atoms with Crippen LogP contribution in [0.5, 0.6) is 0 Å². The maximum atomic E-state index is 10.3. The first-order valence-corrected chi connectivity index (χ1v) is 4.07. The number of hydrogen-bond acceptors (Lipinski definition) is 5. The van der Waals surface area contributed by atoms with E-state index in [2.05, 4.69) is 5.32 Å². The minimum Gasteiger partial charge on any atom is -0.478 e. The molecule has 0 aromatic rings. The van der Waals surface area contributed by atoms with Crippen LogP contribution in [0.15, 0.2) is 12.2 Å². The Bertz CT molecular complexity index is 260. The van der Waals surface area contributed by atoms with Crippen LogP contribution in [0.1, 0.15) is 0 Å². The third kappa shape index (κ3) is 12.1. The fourth-order valence-corrected chi connectivity index (χ4v) is 0.411. The van der Waals surface area contributed by atoms with Gasteiger partial charge in [-0.05, 0) is 0 Å². The fourth-order valence-electron chi connectivity index (χ4n) is 0.411. The first-order chi connectivity index (χ1) is 7.34. The molecule has 0 spiro atoms. The van der Waals surface area contributed by atoms with Crippen LogP contribution < -0.4 is 11.1 Å². The van der Waals surface area contributed by atoms with Gasteiger partial charge in [0.15, 0.2) is 0 Å². The maximum absolute atomic E-state index is 10.3. The monoisotopic (exact) mass is 234 g/mol. The molecule has 0 radical (unpaired) electrons. The molecule has 16 heavy (non-hydrogen) atoms. The Morgan fingerprint density at radius 3 is 1.75 bits per heavy atom. The third-order valence-electron chi connectivity index (χ3n) is 1.15. The van der Waals surface area contributed by atoms with Crippen LogP contribution in [-0.4, -0.2) is 52.9 Å². The first-order valence-electron chi connectivity index (χ1n) is 4.07. The molecule has 0 fully saturated rings. The highest BCUT2D eigenvalue weighted by Crippen LogP contribution is 1.72. The number of carboxylic acids is 2. The molecule has 8 nitrogen and oxygen atoms in total. The highest BCUT2D eigenvalue weighted by molar-refractivity contribution is 5.89. The van der Waals surface area contributed by atoms with Crippen LogP contribution in [0.3, 0.4) is 0 Å². The van der Waals surface area contributed by atoms with Crippen molar-refractivity contribution in [2.45, 2.75) is 6.04 Å². The number of aliphatic hydroxyl groups is 1. The maximum Gasteiger partial charge on any atom is 0.328 e. The molecule has 1 atom stereocenters. The van der Waals surface area contributed by atoms with Gasteiger partial charge in [-0.1, -0.05) is 0 Å². The summed E-state index contributed by atoms with van der Waals surface area (Å²) in [4.78, 5) is 29.5. The molecule has 0 aromatic heterocycles. The SMILES string of the molecule is CNC(=O)C(N)CO.O=C(O)/C=C/C(=O)O. The predicted molar refractivity (Wildman–Crippen MR) is 53.5 cm³/mol. The standard InChI is InChI=1S/C4H10N2O2.C4H4O4/c1-6-4(8)3(5)2-7;5-3(6)1-2-4(7)8/h3,7H,2,5H2,1H3,(H,6,8);1-2H,(H,5,6)(H,7,8)/b;2-1+. The minimum atomic E-state index is -1.26. The van der Waals surface area contributed by atoms with E-state index in [9.17, 15) is 14.4 Å². The molecule has 0 bridgehead atoms. The lowest BCUT2D eigenvalue weighted by molar-refractivity contribution is -0.134. The molecular formula is C8H14N2O6. The molecule has 6 N–H and O–H groups in total. The fraction of sp³-hybridized carbons (Fsp3) is 0.375. The van der Waals surface area contributed by atoms with Gasteiger partial charge in [0.2, 0.25) is 5.91 Å². The second kappa shape index (κ2) is 9.62. The number of carbonyl (C=O) groups is 3. The number of likely N-dealkylation sites (N-methyl/N-ethyl adjacent to an activating group) is 1. The Balaban J connectivity index is 0. The predicted octanol–water partition coefficient (Wildman–Crippen LogP) is -2.24. The molecule has 1 unspecified atom stereocenters. The molecule has 0 aromatic carbocycles. The van der Waals surface area contributed by atoms with Gasteiger partial charge in [-0.15, -0.1) is 0 Å². The summed E-state index contributed by atoms with van der Waals surface area (Å²) in [6.45, 7) is -0.306. The van der Waals surface area contributed by atoms with E-state index in [0.717, 1.165) is 0 Å². The minimum absolute atomic E-state index is 0.306. The Kier molecular flexibility index (Phi) is 9.92. The lowest BCUT2D eigenvalue weighted by Crippen LogP contribution is -2.41. The van der Waals surface area contributed by atoms with Gasteiger partial charge in [-0.25, -0.2) is 9.59 Å². The summed E-state index contributed by atoms with van der Waals surface area (Å²) in [6, 6.07) is -0.778. The van der Waals surface area contributed by atoms with Gasteiger partial charge in [0.05, 0.1) is 6.61 Å².